The van der Waals surface area contributed by atoms with Crippen molar-refractivity contribution in [2.24, 2.45) is 0 Å². The van der Waals surface area contributed by atoms with Gasteiger partial charge in [0.25, 0.3) is 0 Å². The highest BCUT2D eigenvalue weighted by Gasteiger charge is 2.14. The Morgan fingerprint density at radius 2 is 1.84 bits per heavy atom. The molecule has 6 heteroatoms. The molecule has 0 atom stereocenters. The van der Waals surface area contributed by atoms with Gasteiger partial charge >= 0.3 is 0 Å². The monoisotopic (exact) mass is 362 g/mol. The van der Waals surface area contributed by atoms with E-state index >= 15 is 0 Å². The maximum atomic E-state index is 12.4. The van der Waals surface area contributed by atoms with Gasteiger partial charge in [0.15, 0.2) is 11.5 Å². The smallest absolute Gasteiger partial charge is 0.224 e. The number of ether oxygens (including phenoxy) is 2. The molecule has 134 valence electrons. The van der Waals surface area contributed by atoms with Gasteiger partial charge in [0, 0.05) is 20.5 Å². The van der Waals surface area contributed by atoms with Crippen LogP contribution in [0.15, 0.2) is 36.4 Å². The van der Waals surface area contributed by atoms with Gasteiger partial charge in [0.1, 0.15) is 0 Å². The fraction of sp³-hybridized carbons (Fsp3) is 0.316. The SMILES string of the molecule is COc1cccc(CCC(=O)Nc2cccc(Cl)c2N(C)C)c1OC. The number of rotatable bonds is 7. The van der Waals surface area contributed by atoms with Crippen LogP contribution >= 0.6 is 11.6 Å². The fourth-order valence-electron chi connectivity index (χ4n) is 2.68. The molecule has 0 saturated carbocycles. The quantitative estimate of drug-likeness (QED) is 0.809. The van der Waals surface area contributed by atoms with Crippen molar-refractivity contribution in [2.45, 2.75) is 12.8 Å². The van der Waals surface area contributed by atoms with E-state index < -0.39 is 0 Å². The molecule has 25 heavy (non-hydrogen) atoms. The van der Waals surface area contributed by atoms with E-state index in [1.54, 1.807) is 20.3 Å². The first-order chi connectivity index (χ1) is 12.0. The first-order valence-electron chi connectivity index (χ1n) is 7.93. The van der Waals surface area contributed by atoms with Gasteiger partial charge in [0.05, 0.1) is 30.6 Å². The standard InChI is InChI=1S/C19H23ClN2O3/c1-22(2)18-14(20)8-6-9-15(18)21-17(23)12-11-13-7-5-10-16(24-3)19(13)25-4/h5-10H,11-12H2,1-4H3,(H,21,23). The normalized spacial score (nSPS) is 10.3. The van der Waals surface area contributed by atoms with Crippen LogP contribution in [0.4, 0.5) is 11.4 Å². The molecule has 2 aromatic carbocycles. The zero-order valence-corrected chi connectivity index (χ0v) is 15.7. The van der Waals surface area contributed by atoms with E-state index in [9.17, 15) is 4.79 Å². The summed E-state index contributed by atoms with van der Waals surface area (Å²) in [7, 11) is 6.96. The van der Waals surface area contributed by atoms with Gasteiger partial charge in [-0.2, -0.15) is 0 Å². The molecule has 1 N–H and O–H groups in total. The minimum absolute atomic E-state index is 0.0877. The van der Waals surface area contributed by atoms with Gasteiger partial charge in [-0.25, -0.2) is 0 Å². The molecule has 0 aliphatic carbocycles. The Bertz CT molecular complexity index is 747. The van der Waals surface area contributed by atoms with Crippen LogP contribution in [0.1, 0.15) is 12.0 Å². The second kappa shape index (κ2) is 8.62. The molecule has 1 amide bonds. The molecule has 0 heterocycles. The third-order valence-corrected chi connectivity index (χ3v) is 4.12. The first-order valence-corrected chi connectivity index (χ1v) is 8.31. The number of amides is 1. The zero-order chi connectivity index (χ0) is 18.4. The summed E-state index contributed by atoms with van der Waals surface area (Å²) < 4.78 is 10.7. The number of aryl methyl sites for hydroxylation is 1. The van der Waals surface area contributed by atoms with Gasteiger partial charge in [-0.05, 0) is 30.2 Å². The van der Waals surface area contributed by atoms with Crippen molar-refractivity contribution in [1.29, 1.82) is 0 Å². The van der Waals surface area contributed by atoms with Crippen molar-refractivity contribution in [3.63, 3.8) is 0 Å². The summed E-state index contributed by atoms with van der Waals surface area (Å²) in [6.45, 7) is 0. The Kier molecular flexibility index (Phi) is 6.53. The lowest BCUT2D eigenvalue weighted by atomic mass is 10.1. The zero-order valence-electron chi connectivity index (χ0n) is 14.9. The minimum atomic E-state index is -0.0877. The highest BCUT2D eigenvalue weighted by molar-refractivity contribution is 6.34. The Morgan fingerprint density at radius 1 is 1.12 bits per heavy atom. The van der Waals surface area contributed by atoms with Crippen molar-refractivity contribution in [3.8, 4) is 11.5 Å². The molecule has 0 saturated heterocycles. The van der Waals surface area contributed by atoms with Crippen LogP contribution in [0, 0.1) is 0 Å². The molecule has 5 nitrogen and oxygen atoms in total. The van der Waals surface area contributed by atoms with Gasteiger partial charge in [-0.15, -0.1) is 0 Å². The van der Waals surface area contributed by atoms with Crippen LogP contribution < -0.4 is 19.7 Å². The molecule has 2 aromatic rings. The van der Waals surface area contributed by atoms with Crippen LogP contribution in [0.5, 0.6) is 11.5 Å². The molecular formula is C19H23ClN2O3. The Labute approximate surface area is 153 Å². The van der Waals surface area contributed by atoms with Crippen molar-refractivity contribution in [1.82, 2.24) is 0 Å². The molecular weight excluding hydrogens is 340 g/mol. The maximum absolute atomic E-state index is 12.4. The van der Waals surface area contributed by atoms with Gasteiger partial charge in [-0.1, -0.05) is 29.8 Å². The number of carbonyl (C=O) groups excluding carboxylic acids is 1. The average molecular weight is 363 g/mol. The maximum Gasteiger partial charge on any atom is 0.224 e. The molecule has 0 aliphatic rings. The fourth-order valence-corrected chi connectivity index (χ4v) is 3.03. The Hall–Kier alpha value is -2.40. The van der Waals surface area contributed by atoms with Crippen LogP contribution in [-0.2, 0) is 11.2 Å². The molecule has 0 bridgehead atoms. The van der Waals surface area contributed by atoms with Crippen LogP contribution in [0.25, 0.3) is 0 Å². The molecule has 0 aliphatic heterocycles. The third-order valence-electron chi connectivity index (χ3n) is 3.81. The highest BCUT2D eigenvalue weighted by Crippen LogP contribution is 2.33. The summed E-state index contributed by atoms with van der Waals surface area (Å²) in [5.74, 6) is 1.23. The van der Waals surface area contributed by atoms with E-state index in [4.69, 9.17) is 21.1 Å². The second-order valence-corrected chi connectivity index (χ2v) is 6.14. The summed E-state index contributed by atoms with van der Waals surface area (Å²) in [5, 5.41) is 3.53. The molecule has 0 unspecified atom stereocenters. The van der Waals surface area contributed by atoms with E-state index in [2.05, 4.69) is 5.32 Å². The summed E-state index contributed by atoms with van der Waals surface area (Å²) in [6, 6.07) is 11.1. The summed E-state index contributed by atoms with van der Waals surface area (Å²) in [5.41, 5.74) is 2.41. The lowest BCUT2D eigenvalue weighted by molar-refractivity contribution is -0.116. The number of halogens is 1. The number of methoxy groups -OCH3 is 2. The van der Waals surface area contributed by atoms with Crippen molar-refractivity contribution >= 4 is 28.9 Å². The van der Waals surface area contributed by atoms with Crippen molar-refractivity contribution in [3.05, 3.63) is 47.0 Å². The molecule has 0 fully saturated rings. The van der Waals surface area contributed by atoms with E-state index in [1.165, 1.54) is 0 Å². The summed E-state index contributed by atoms with van der Waals surface area (Å²) in [6.07, 6.45) is 0.868. The Morgan fingerprint density at radius 3 is 2.48 bits per heavy atom. The second-order valence-electron chi connectivity index (χ2n) is 5.73. The van der Waals surface area contributed by atoms with Crippen LogP contribution in [0.3, 0.4) is 0 Å². The number of carbonyl (C=O) groups is 1. The van der Waals surface area contributed by atoms with Gasteiger partial charge in [0.2, 0.25) is 5.91 Å². The molecule has 0 spiro atoms. The summed E-state index contributed by atoms with van der Waals surface area (Å²) in [4.78, 5) is 14.3. The Balaban J connectivity index is 2.09. The number of benzene rings is 2. The lowest BCUT2D eigenvalue weighted by Gasteiger charge is -2.19. The van der Waals surface area contributed by atoms with Crippen LogP contribution in [0.2, 0.25) is 5.02 Å². The predicted molar refractivity (Wildman–Crippen MR) is 102 cm³/mol. The predicted octanol–water partition coefficient (Wildman–Crippen LogP) is 3.99. The number of para-hydroxylation sites is 2. The number of hydrogen-bond acceptors (Lipinski definition) is 4. The summed E-state index contributed by atoms with van der Waals surface area (Å²) >= 11 is 6.23. The molecule has 2 rings (SSSR count). The van der Waals surface area contributed by atoms with Gasteiger partial charge in [-0.3, -0.25) is 4.79 Å². The average Bonchev–Trinajstić information content (AvgIpc) is 2.59. The van der Waals surface area contributed by atoms with Crippen molar-refractivity contribution < 1.29 is 14.3 Å². The number of nitrogens with zero attached hydrogens (tertiary/aromatic N) is 1. The van der Waals surface area contributed by atoms with E-state index in [0.717, 1.165) is 11.3 Å². The molecule has 0 aromatic heterocycles. The number of anilines is 2. The van der Waals surface area contributed by atoms with E-state index in [0.29, 0.717) is 35.1 Å². The van der Waals surface area contributed by atoms with Crippen molar-refractivity contribution in [2.75, 3.05) is 38.5 Å². The largest absolute Gasteiger partial charge is 0.493 e. The third kappa shape index (κ3) is 4.57. The minimum Gasteiger partial charge on any atom is -0.493 e. The van der Waals surface area contributed by atoms with E-state index in [-0.39, 0.29) is 5.91 Å². The number of nitrogens with one attached hydrogen (secondary N) is 1. The van der Waals surface area contributed by atoms with Crippen LogP contribution in [-0.4, -0.2) is 34.2 Å². The number of hydrogen-bond donors (Lipinski definition) is 1. The molecule has 0 radical (unpaired) electrons. The van der Waals surface area contributed by atoms with Gasteiger partial charge < -0.3 is 19.7 Å². The topological polar surface area (TPSA) is 50.8 Å². The first kappa shape index (κ1) is 18.9. The lowest BCUT2D eigenvalue weighted by Crippen LogP contribution is -2.17. The highest BCUT2D eigenvalue weighted by atomic mass is 35.5. The van der Waals surface area contributed by atoms with E-state index in [1.807, 2.05) is 49.3 Å².